The summed E-state index contributed by atoms with van der Waals surface area (Å²) in [6, 6.07) is 3.39. The average molecular weight is 344 g/mol. The number of amides is 1. The van der Waals surface area contributed by atoms with Crippen LogP contribution in [0.1, 0.15) is 36.0 Å². The highest BCUT2D eigenvalue weighted by molar-refractivity contribution is 9.10. The summed E-state index contributed by atoms with van der Waals surface area (Å²) in [6.07, 6.45) is 2.79. The molecular weight excluding hydrogens is 329 g/mol. The first-order valence-electron chi connectivity index (χ1n) is 6.50. The van der Waals surface area contributed by atoms with Crippen molar-refractivity contribution >= 4 is 27.8 Å². The van der Waals surface area contributed by atoms with Gasteiger partial charge in [0.15, 0.2) is 0 Å². The lowest BCUT2D eigenvalue weighted by molar-refractivity contribution is -0.142. The smallest absolute Gasteiger partial charge is 0.326 e. The number of nitrogens with zero attached hydrogens (tertiary/aromatic N) is 1. The summed E-state index contributed by atoms with van der Waals surface area (Å²) in [4.78, 5) is 25.1. The molecule has 1 aliphatic rings. The van der Waals surface area contributed by atoms with E-state index in [-0.39, 0.29) is 5.56 Å². The van der Waals surface area contributed by atoms with Crippen LogP contribution in [0.15, 0.2) is 22.7 Å². The molecule has 0 radical (unpaired) electrons. The topological polar surface area (TPSA) is 57.6 Å². The van der Waals surface area contributed by atoms with Crippen LogP contribution in [-0.2, 0) is 4.79 Å². The van der Waals surface area contributed by atoms with Crippen molar-refractivity contribution in [3.8, 4) is 0 Å². The molecule has 0 spiro atoms. The maximum absolute atomic E-state index is 13.9. The zero-order chi connectivity index (χ0) is 14.7. The van der Waals surface area contributed by atoms with Gasteiger partial charge in [-0.25, -0.2) is 9.18 Å². The zero-order valence-corrected chi connectivity index (χ0v) is 12.4. The van der Waals surface area contributed by atoms with Crippen LogP contribution >= 0.6 is 15.9 Å². The number of halogens is 2. The van der Waals surface area contributed by atoms with Crippen molar-refractivity contribution in [2.24, 2.45) is 0 Å². The van der Waals surface area contributed by atoms with Crippen molar-refractivity contribution in [1.29, 1.82) is 0 Å². The van der Waals surface area contributed by atoms with Crippen molar-refractivity contribution in [3.05, 3.63) is 34.1 Å². The number of carboxylic acids is 1. The van der Waals surface area contributed by atoms with Gasteiger partial charge in [0.05, 0.1) is 5.56 Å². The molecule has 1 aromatic rings. The summed E-state index contributed by atoms with van der Waals surface area (Å²) in [6.45, 7) is 0.344. The minimum absolute atomic E-state index is 0.0966. The SMILES string of the molecule is O=C(O)C1CCCCCN1C(=O)c1c(F)cccc1Br. The van der Waals surface area contributed by atoms with E-state index in [9.17, 15) is 19.1 Å². The van der Waals surface area contributed by atoms with E-state index in [1.165, 1.54) is 17.0 Å². The van der Waals surface area contributed by atoms with Crippen molar-refractivity contribution in [3.63, 3.8) is 0 Å². The number of rotatable bonds is 2. The molecule has 4 nitrogen and oxygen atoms in total. The lowest BCUT2D eigenvalue weighted by Crippen LogP contribution is -2.45. The normalized spacial score (nSPS) is 19.5. The Kier molecular flexibility index (Phi) is 4.75. The number of aliphatic carboxylic acids is 1. The second kappa shape index (κ2) is 6.35. The largest absolute Gasteiger partial charge is 0.480 e. The van der Waals surface area contributed by atoms with Gasteiger partial charge in [-0.2, -0.15) is 0 Å². The molecule has 1 amide bonds. The van der Waals surface area contributed by atoms with Gasteiger partial charge in [-0.15, -0.1) is 0 Å². The molecule has 1 fully saturated rings. The summed E-state index contributed by atoms with van der Waals surface area (Å²) in [5.41, 5.74) is -0.0966. The summed E-state index contributed by atoms with van der Waals surface area (Å²) >= 11 is 3.16. The van der Waals surface area contributed by atoms with Crippen molar-refractivity contribution in [2.45, 2.75) is 31.7 Å². The van der Waals surface area contributed by atoms with E-state index in [2.05, 4.69) is 15.9 Å². The predicted molar refractivity (Wildman–Crippen MR) is 75.0 cm³/mol. The van der Waals surface area contributed by atoms with Gasteiger partial charge in [0.2, 0.25) is 0 Å². The maximum Gasteiger partial charge on any atom is 0.326 e. The van der Waals surface area contributed by atoms with E-state index in [1.807, 2.05) is 0 Å². The van der Waals surface area contributed by atoms with E-state index in [4.69, 9.17) is 0 Å². The van der Waals surface area contributed by atoms with Crippen LogP contribution in [-0.4, -0.2) is 34.5 Å². The third-order valence-corrected chi connectivity index (χ3v) is 4.14. The van der Waals surface area contributed by atoms with Crippen LogP contribution < -0.4 is 0 Å². The molecular formula is C14H15BrFNO3. The molecule has 1 aliphatic heterocycles. The second-order valence-corrected chi connectivity index (χ2v) is 5.65. The van der Waals surface area contributed by atoms with Crippen LogP contribution in [0.2, 0.25) is 0 Å². The van der Waals surface area contributed by atoms with E-state index >= 15 is 0 Å². The van der Waals surface area contributed by atoms with Crippen molar-refractivity contribution in [2.75, 3.05) is 6.54 Å². The van der Waals surface area contributed by atoms with Crippen LogP contribution in [0.4, 0.5) is 4.39 Å². The summed E-state index contributed by atoms with van der Waals surface area (Å²) in [5, 5.41) is 9.27. The zero-order valence-electron chi connectivity index (χ0n) is 10.8. The highest BCUT2D eigenvalue weighted by atomic mass is 79.9. The highest BCUT2D eigenvalue weighted by Gasteiger charge is 2.33. The molecule has 1 saturated heterocycles. The molecule has 108 valence electrons. The molecule has 0 saturated carbocycles. The highest BCUT2D eigenvalue weighted by Crippen LogP contribution is 2.25. The summed E-state index contributed by atoms with van der Waals surface area (Å²) < 4.78 is 14.2. The number of hydrogen-bond donors (Lipinski definition) is 1. The molecule has 6 heteroatoms. The van der Waals surface area contributed by atoms with E-state index in [0.29, 0.717) is 17.4 Å². The van der Waals surface area contributed by atoms with Gasteiger partial charge in [0, 0.05) is 11.0 Å². The fraction of sp³-hybridized carbons (Fsp3) is 0.429. The molecule has 1 N–H and O–H groups in total. The van der Waals surface area contributed by atoms with Gasteiger partial charge in [0.25, 0.3) is 5.91 Å². The minimum Gasteiger partial charge on any atom is -0.480 e. The lowest BCUT2D eigenvalue weighted by Gasteiger charge is -2.27. The van der Waals surface area contributed by atoms with Crippen molar-refractivity contribution in [1.82, 2.24) is 4.90 Å². The Hall–Kier alpha value is -1.43. The number of benzene rings is 1. The molecule has 20 heavy (non-hydrogen) atoms. The molecule has 1 heterocycles. The van der Waals surface area contributed by atoms with Crippen molar-refractivity contribution < 1.29 is 19.1 Å². The molecule has 2 rings (SSSR count). The monoisotopic (exact) mass is 343 g/mol. The van der Waals surface area contributed by atoms with E-state index in [1.54, 1.807) is 6.07 Å². The van der Waals surface area contributed by atoms with Gasteiger partial charge in [-0.3, -0.25) is 4.79 Å². The van der Waals surface area contributed by atoms with Gasteiger partial charge >= 0.3 is 5.97 Å². The predicted octanol–water partition coefficient (Wildman–Crippen LogP) is 3.06. The number of carbonyl (C=O) groups excluding carboxylic acids is 1. The van der Waals surface area contributed by atoms with Crippen LogP contribution in [0.25, 0.3) is 0 Å². The second-order valence-electron chi connectivity index (χ2n) is 4.80. The maximum atomic E-state index is 13.9. The first kappa shape index (κ1) is 15.0. The Morgan fingerprint density at radius 1 is 1.30 bits per heavy atom. The minimum atomic E-state index is -1.03. The van der Waals surface area contributed by atoms with E-state index < -0.39 is 23.7 Å². The molecule has 0 aliphatic carbocycles. The Labute approximate surface area is 124 Å². The Balaban J connectivity index is 2.36. The Morgan fingerprint density at radius 3 is 2.70 bits per heavy atom. The van der Waals surface area contributed by atoms with Crippen LogP contribution in [0.3, 0.4) is 0 Å². The number of likely N-dealkylation sites (tertiary alicyclic amines) is 1. The number of carbonyl (C=O) groups is 2. The third-order valence-electron chi connectivity index (χ3n) is 3.48. The van der Waals surface area contributed by atoms with Crippen LogP contribution in [0, 0.1) is 5.82 Å². The lowest BCUT2D eigenvalue weighted by atomic mass is 10.1. The Morgan fingerprint density at radius 2 is 2.05 bits per heavy atom. The van der Waals surface area contributed by atoms with Gasteiger partial charge in [-0.1, -0.05) is 18.9 Å². The number of carboxylic acid groups (broad SMARTS) is 1. The first-order valence-corrected chi connectivity index (χ1v) is 7.29. The Bertz CT molecular complexity index is 515. The average Bonchev–Trinajstić information content (AvgIpc) is 2.63. The molecule has 0 bridgehead atoms. The fourth-order valence-corrected chi connectivity index (χ4v) is 2.97. The standard InChI is InChI=1S/C14H15BrFNO3/c15-9-5-4-6-10(16)12(9)13(18)17-8-3-1-2-7-11(17)14(19)20/h4-6,11H,1-3,7-8H2,(H,19,20). The summed E-state index contributed by atoms with van der Waals surface area (Å²) in [5.74, 6) is -2.24. The molecule has 1 aromatic carbocycles. The molecule has 1 atom stereocenters. The fourth-order valence-electron chi connectivity index (χ4n) is 2.45. The quantitative estimate of drug-likeness (QED) is 0.897. The van der Waals surface area contributed by atoms with Crippen LogP contribution in [0.5, 0.6) is 0 Å². The van der Waals surface area contributed by atoms with Gasteiger partial charge in [-0.05, 0) is 40.9 Å². The summed E-state index contributed by atoms with van der Waals surface area (Å²) in [7, 11) is 0. The number of hydrogen-bond acceptors (Lipinski definition) is 2. The van der Waals surface area contributed by atoms with E-state index in [0.717, 1.165) is 19.3 Å². The molecule has 1 unspecified atom stereocenters. The molecule has 0 aromatic heterocycles. The first-order chi connectivity index (χ1) is 9.52. The van der Waals surface area contributed by atoms with Gasteiger partial charge in [0.1, 0.15) is 11.9 Å². The van der Waals surface area contributed by atoms with Gasteiger partial charge < -0.3 is 10.0 Å². The third kappa shape index (κ3) is 3.00.